The van der Waals surface area contributed by atoms with Crippen molar-refractivity contribution in [1.29, 1.82) is 0 Å². The number of hydrogen-bond donors (Lipinski definition) is 2. The minimum Gasteiger partial charge on any atom is -0.481 e. The highest BCUT2D eigenvalue weighted by molar-refractivity contribution is 5.79. The van der Waals surface area contributed by atoms with E-state index in [0.717, 1.165) is 62.1 Å². The smallest absolute Gasteiger partial charge is 0.303 e. The average Bonchev–Trinajstić information content (AvgIpc) is 3.42. The zero-order valence-corrected chi connectivity index (χ0v) is 17.8. The van der Waals surface area contributed by atoms with Gasteiger partial charge in [0.25, 0.3) is 0 Å². The summed E-state index contributed by atoms with van der Waals surface area (Å²) in [5.41, 5.74) is 2.25. The molecule has 7 nitrogen and oxygen atoms in total. The molecule has 3 heterocycles. The molecule has 2 N–H and O–H groups in total. The summed E-state index contributed by atoms with van der Waals surface area (Å²) in [7, 11) is 0. The Morgan fingerprint density at radius 2 is 2.00 bits per heavy atom. The van der Waals surface area contributed by atoms with E-state index in [9.17, 15) is 9.18 Å². The molecule has 0 radical (unpaired) electrons. The standard InChI is InChI=1S/C24H27FN4O3/c25-17-4-7-20-21(12-17)28-24(27-20)16-3-8-22(26-13-16)29-10-9-19(14-29)32-18-5-1-15(2-6-18)11-23(30)31/h3-4,7-8,12-13,15,18-19H,1-2,5-6,9-11,14H2,(H,27,28)(H,30,31)/t15-,18-,19-/m0/s1. The van der Waals surface area contributed by atoms with Crippen molar-refractivity contribution in [3.05, 3.63) is 42.3 Å². The molecule has 1 aliphatic heterocycles. The quantitative estimate of drug-likeness (QED) is 0.593. The first-order valence-electron chi connectivity index (χ1n) is 11.3. The minimum atomic E-state index is -0.700. The Kier molecular flexibility index (Phi) is 5.78. The van der Waals surface area contributed by atoms with E-state index in [-0.39, 0.29) is 24.4 Å². The number of aromatic nitrogens is 3. The molecule has 3 aromatic rings. The van der Waals surface area contributed by atoms with Gasteiger partial charge in [-0.3, -0.25) is 4.79 Å². The molecule has 1 aliphatic carbocycles. The van der Waals surface area contributed by atoms with E-state index < -0.39 is 5.97 Å². The fourth-order valence-electron chi connectivity index (χ4n) is 4.87. The largest absolute Gasteiger partial charge is 0.481 e. The second-order valence-electron chi connectivity index (χ2n) is 8.89. The van der Waals surface area contributed by atoms with Gasteiger partial charge in [-0.1, -0.05) is 0 Å². The lowest BCUT2D eigenvalue weighted by Crippen LogP contribution is -2.30. The maximum Gasteiger partial charge on any atom is 0.303 e. The van der Waals surface area contributed by atoms with Crippen molar-refractivity contribution in [2.75, 3.05) is 18.0 Å². The van der Waals surface area contributed by atoms with E-state index >= 15 is 0 Å². The van der Waals surface area contributed by atoms with E-state index in [1.165, 1.54) is 12.1 Å². The lowest BCUT2D eigenvalue weighted by Gasteiger charge is -2.29. The maximum absolute atomic E-state index is 13.4. The molecule has 1 saturated carbocycles. The predicted octanol–water partition coefficient (Wildman–Crippen LogP) is 4.39. The molecule has 168 valence electrons. The third-order valence-corrected chi connectivity index (χ3v) is 6.58. The fraction of sp³-hybridized carbons (Fsp3) is 0.458. The van der Waals surface area contributed by atoms with Gasteiger partial charge in [-0.25, -0.2) is 14.4 Å². The topological polar surface area (TPSA) is 91.3 Å². The molecule has 8 heteroatoms. The highest BCUT2D eigenvalue weighted by Gasteiger charge is 2.29. The Bertz CT molecular complexity index is 1090. The van der Waals surface area contributed by atoms with Crippen LogP contribution >= 0.6 is 0 Å². The van der Waals surface area contributed by atoms with Crippen molar-refractivity contribution in [2.24, 2.45) is 5.92 Å². The van der Waals surface area contributed by atoms with Crippen molar-refractivity contribution in [3.63, 3.8) is 0 Å². The number of rotatable bonds is 6. The van der Waals surface area contributed by atoms with E-state index in [1.54, 1.807) is 12.3 Å². The number of imidazole rings is 1. The first-order valence-corrected chi connectivity index (χ1v) is 11.3. The van der Waals surface area contributed by atoms with Gasteiger partial charge in [-0.2, -0.15) is 0 Å². The molecular weight excluding hydrogens is 411 g/mol. The van der Waals surface area contributed by atoms with Gasteiger partial charge in [0.05, 0.1) is 23.2 Å². The second-order valence-corrected chi connectivity index (χ2v) is 8.89. The summed E-state index contributed by atoms with van der Waals surface area (Å²) in [6, 6.07) is 8.49. The van der Waals surface area contributed by atoms with Gasteiger partial charge < -0.3 is 19.7 Å². The molecule has 0 spiro atoms. The van der Waals surface area contributed by atoms with E-state index in [0.29, 0.717) is 17.3 Å². The van der Waals surface area contributed by atoms with Crippen LogP contribution in [0, 0.1) is 11.7 Å². The molecule has 2 fully saturated rings. The molecule has 0 unspecified atom stereocenters. The summed E-state index contributed by atoms with van der Waals surface area (Å²) >= 11 is 0. The summed E-state index contributed by atoms with van der Waals surface area (Å²) < 4.78 is 19.7. The first kappa shape index (κ1) is 20.9. The van der Waals surface area contributed by atoms with Crippen LogP contribution in [0.4, 0.5) is 10.2 Å². The number of carboxylic acids is 1. The summed E-state index contributed by atoms with van der Waals surface area (Å²) in [6.45, 7) is 1.71. The van der Waals surface area contributed by atoms with Crippen LogP contribution in [0.2, 0.25) is 0 Å². The number of fused-ring (bicyclic) bond motifs is 1. The van der Waals surface area contributed by atoms with Crippen LogP contribution in [-0.4, -0.2) is 51.3 Å². The number of benzene rings is 1. The number of H-pyrrole nitrogens is 1. The SMILES string of the molecule is O=C(O)C[C@H]1CC[C@H](O[C@H]2CCN(c3ccc(-c4nc5cc(F)ccc5[nH]4)cn3)C2)CC1. The Labute approximate surface area is 185 Å². The van der Waals surface area contributed by atoms with Crippen LogP contribution in [0.25, 0.3) is 22.4 Å². The second kappa shape index (κ2) is 8.86. The number of nitrogens with zero attached hydrogens (tertiary/aromatic N) is 3. The lowest BCUT2D eigenvalue weighted by molar-refractivity contribution is -0.138. The van der Waals surface area contributed by atoms with Crippen LogP contribution in [0.1, 0.15) is 38.5 Å². The molecule has 0 amide bonds. The molecular formula is C24H27FN4O3. The molecule has 2 aromatic heterocycles. The maximum atomic E-state index is 13.4. The molecule has 1 atom stereocenters. The Morgan fingerprint density at radius 1 is 1.16 bits per heavy atom. The summed E-state index contributed by atoms with van der Waals surface area (Å²) in [6.07, 6.45) is 7.22. The van der Waals surface area contributed by atoms with Crippen molar-refractivity contribution < 1.29 is 19.0 Å². The van der Waals surface area contributed by atoms with Gasteiger partial charge in [-0.15, -0.1) is 0 Å². The number of hydrogen-bond acceptors (Lipinski definition) is 5. The molecule has 1 aromatic carbocycles. The van der Waals surface area contributed by atoms with Crippen molar-refractivity contribution in [1.82, 2.24) is 15.0 Å². The highest BCUT2D eigenvalue weighted by Crippen LogP contribution is 2.31. The Balaban J connectivity index is 1.16. The number of ether oxygens (including phenoxy) is 1. The van der Waals surface area contributed by atoms with Crippen LogP contribution in [-0.2, 0) is 9.53 Å². The monoisotopic (exact) mass is 438 g/mol. The normalized spacial score (nSPS) is 23.7. The van der Waals surface area contributed by atoms with E-state index in [2.05, 4.69) is 19.9 Å². The molecule has 2 aliphatic rings. The summed E-state index contributed by atoms with van der Waals surface area (Å²) in [5, 5.41) is 8.96. The number of pyridine rings is 1. The Morgan fingerprint density at radius 3 is 2.75 bits per heavy atom. The average molecular weight is 439 g/mol. The third-order valence-electron chi connectivity index (χ3n) is 6.58. The lowest BCUT2D eigenvalue weighted by atomic mass is 9.85. The van der Waals surface area contributed by atoms with E-state index in [4.69, 9.17) is 9.84 Å². The number of aliphatic carboxylic acids is 1. The fourth-order valence-corrected chi connectivity index (χ4v) is 4.87. The number of nitrogens with one attached hydrogen (secondary N) is 1. The highest BCUT2D eigenvalue weighted by atomic mass is 19.1. The number of halogens is 1. The minimum absolute atomic E-state index is 0.183. The number of anilines is 1. The van der Waals surface area contributed by atoms with Crippen molar-refractivity contribution >= 4 is 22.8 Å². The van der Waals surface area contributed by atoms with Crippen molar-refractivity contribution in [2.45, 2.75) is 50.7 Å². The summed E-state index contributed by atoms with van der Waals surface area (Å²) in [5.74, 6) is 0.871. The van der Waals surface area contributed by atoms with Gasteiger partial charge in [0.15, 0.2) is 0 Å². The number of carbonyl (C=O) groups is 1. The van der Waals surface area contributed by atoms with Gasteiger partial charge >= 0.3 is 5.97 Å². The number of aromatic amines is 1. The molecule has 32 heavy (non-hydrogen) atoms. The van der Waals surface area contributed by atoms with Gasteiger partial charge in [0.2, 0.25) is 0 Å². The third kappa shape index (κ3) is 4.60. The number of carboxylic acid groups (broad SMARTS) is 1. The van der Waals surface area contributed by atoms with Gasteiger partial charge in [0, 0.05) is 37.3 Å². The summed E-state index contributed by atoms with van der Waals surface area (Å²) in [4.78, 5) is 25.4. The van der Waals surface area contributed by atoms with Crippen LogP contribution in [0.3, 0.4) is 0 Å². The molecule has 5 rings (SSSR count). The van der Waals surface area contributed by atoms with Crippen LogP contribution in [0.5, 0.6) is 0 Å². The van der Waals surface area contributed by atoms with Crippen LogP contribution in [0.15, 0.2) is 36.5 Å². The zero-order valence-electron chi connectivity index (χ0n) is 17.8. The van der Waals surface area contributed by atoms with Crippen molar-refractivity contribution in [3.8, 4) is 11.4 Å². The van der Waals surface area contributed by atoms with Gasteiger partial charge in [-0.05, 0) is 62.3 Å². The van der Waals surface area contributed by atoms with Crippen LogP contribution < -0.4 is 4.90 Å². The first-order chi connectivity index (χ1) is 15.5. The van der Waals surface area contributed by atoms with Gasteiger partial charge in [0.1, 0.15) is 17.5 Å². The Hall–Kier alpha value is -3.00. The molecule has 1 saturated heterocycles. The predicted molar refractivity (Wildman–Crippen MR) is 119 cm³/mol. The van der Waals surface area contributed by atoms with E-state index in [1.807, 2.05) is 12.1 Å². The molecule has 0 bridgehead atoms. The zero-order chi connectivity index (χ0) is 22.1.